The molecule has 0 saturated carbocycles. The van der Waals surface area contributed by atoms with Crippen molar-refractivity contribution in [3.63, 3.8) is 0 Å². The van der Waals surface area contributed by atoms with E-state index in [-0.39, 0.29) is 16.4 Å². The molecule has 1 amide bonds. The Kier molecular flexibility index (Phi) is 4.24. The predicted octanol–water partition coefficient (Wildman–Crippen LogP) is 3.45. The maximum Gasteiger partial charge on any atom is 0.261 e. The summed E-state index contributed by atoms with van der Waals surface area (Å²) in [4.78, 5) is 39.0. The highest BCUT2D eigenvalue weighted by molar-refractivity contribution is 6.44. The normalized spacial score (nSPS) is 13.6. The zero-order chi connectivity index (χ0) is 16.6. The van der Waals surface area contributed by atoms with Crippen molar-refractivity contribution < 1.29 is 9.59 Å². The topological polar surface area (TPSA) is 79.0 Å². The number of aromatic amines is 1. The number of benzene rings is 1. The molecule has 3 rings (SSSR count). The first kappa shape index (κ1) is 15.8. The molecule has 23 heavy (non-hydrogen) atoms. The number of nitrogens with one attached hydrogen (secondary N) is 2. The van der Waals surface area contributed by atoms with Crippen LogP contribution in [0.5, 0.6) is 0 Å². The molecule has 2 aromatic rings. The van der Waals surface area contributed by atoms with Crippen LogP contribution < -0.4 is 10.9 Å². The van der Waals surface area contributed by atoms with Crippen molar-refractivity contribution in [3.05, 3.63) is 61.5 Å². The maximum atomic E-state index is 12.3. The highest BCUT2D eigenvalue weighted by Crippen LogP contribution is 2.29. The monoisotopic (exact) mass is 350 g/mol. The molecule has 2 N–H and O–H groups in total. The number of amides is 1. The number of pyridine rings is 1. The molecule has 1 aromatic carbocycles. The Balaban J connectivity index is 1.97. The lowest BCUT2D eigenvalue weighted by molar-refractivity contribution is 0.0971. The van der Waals surface area contributed by atoms with Crippen LogP contribution in [0, 0.1) is 0 Å². The zero-order valence-electron chi connectivity index (χ0n) is 11.9. The molecule has 0 saturated heterocycles. The van der Waals surface area contributed by atoms with Gasteiger partial charge in [0.1, 0.15) is 5.56 Å². The summed E-state index contributed by atoms with van der Waals surface area (Å²) in [7, 11) is 0. The highest BCUT2D eigenvalue weighted by atomic mass is 35.5. The van der Waals surface area contributed by atoms with E-state index in [1.165, 1.54) is 6.07 Å². The van der Waals surface area contributed by atoms with Gasteiger partial charge in [0.05, 0.1) is 15.7 Å². The van der Waals surface area contributed by atoms with Crippen molar-refractivity contribution in [1.29, 1.82) is 0 Å². The van der Waals surface area contributed by atoms with Gasteiger partial charge in [0, 0.05) is 17.7 Å². The van der Waals surface area contributed by atoms with Crippen molar-refractivity contribution in [2.75, 3.05) is 5.32 Å². The third-order valence-corrected chi connectivity index (χ3v) is 4.52. The summed E-state index contributed by atoms with van der Waals surface area (Å²) in [6.45, 7) is 0. The molecule has 5 nitrogen and oxygen atoms in total. The Hall–Kier alpha value is -2.11. The first-order chi connectivity index (χ1) is 11.0. The van der Waals surface area contributed by atoms with Crippen LogP contribution in [0.2, 0.25) is 10.0 Å². The summed E-state index contributed by atoms with van der Waals surface area (Å²) in [5, 5.41) is 3.02. The van der Waals surface area contributed by atoms with Crippen LogP contribution in [0.4, 0.5) is 5.69 Å². The number of fused-ring (bicyclic) bond motifs is 1. The minimum Gasteiger partial charge on any atom is -0.325 e. The predicted molar refractivity (Wildman–Crippen MR) is 88.7 cm³/mol. The Labute approximate surface area is 141 Å². The Morgan fingerprint density at radius 2 is 1.96 bits per heavy atom. The van der Waals surface area contributed by atoms with Crippen LogP contribution in [-0.4, -0.2) is 16.7 Å². The Morgan fingerprint density at radius 3 is 2.74 bits per heavy atom. The van der Waals surface area contributed by atoms with E-state index in [1.54, 1.807) is 18.2 Å². The number of hydrogen-bond donors (Lipinski definition) is 2. The molecule has 0 unspecified atom stereocenters. The number of rotatable bonds is 2. The van der Waals surface area contributed by atoms with Gasteiger partial charge in [-0.1, -0.05) is 29.3 Å². The van der Waals surface area contributed by atoms with E-state index >= 15 is 0 Å². The average molecular weight is 351 g/mol. The fourth-order valence-corrected chi connectivity index (χ4v) is 2.88. The second-order valence-electron chi connectivity index (χ2n) is 5.24. The first-order valence-electron chi connectivity index (χ1n) is 7.02. The molecule has 0 bridgehead atoms. The zero-order valence-corrected chi connectivity index (χ0v) is 13.4. The van der Waals surface area contributed by atoms with Crippen LogP contribution >= 0.6 is 23.2 Å². The van der Waals surface area contributed by atoms with E-state index in [0.29, 0.717) is 41.2 Å². The molecule has 1 aromatic heterocycles. The molecule has 1 heterocycles. The van der Waals surface area contributed by atoms with E-state index in [4.69, 9.17) is 23.2 Å². The number of aromatic nitrogens is 1. The number of aryl methyl sites for hydroxylation is 1. The minimum atomic E-state index is -0.642. The second-order valence-corrected chi connectivity index (χ2v) is 6.02. The van der Waals surface area contributed by atoms with E-state index in [9.17, 15) is 14.4 Å². The van der Waals surface area contributed by atoms with E-state index in [2.05, 4.69) is 10.3 Å². The SMILES string of the molecule is O=C1CCCc2[nH]c(=O)c(C(=O)Nc3cccc(Cl)c3Cl)cc21. The van der Waals surface area contributed by atoms with Crippen LogP contribution in [0.1, 0.15) is 39.3 Å². The third-order valence-electron chi connectivity index (χ3n) is 3.70. The lowest BCUT2D eigenvalue weighted by Crippen LogP contribution is -2.27. The molecular formula is C16H12Cl2N2O3. The number of ketones is 1. The van der Waals surface area contributed by atoms with Crippen molar-refractivity contribution >= 4 is 40.6 Å². The Bertz CT molecular complexity index is 874. The molecule has 0 fully saturated rings. The van der Waals surface area contributed by atoms with Gasteiger partial charge in [-0.15, -0.1) is 0 Å². The smallest absolute Gasteiger partial charge is 0.261 e. The van der Waals surface area contributed by atoms with Crippen LogP contribution in [-0.2, 0) is 6.42 Å². The number of hydrogen-bond acceptors (Lipinski definition) is 3. The second kappa shape index (κ2) is 6.18. The number of carbonyl (C=O) groups is 2. The van der Waals surface area contributed by atoms with Gasteiger partial charge < -0.3 is 10.3 Å². The summed E-state index contributed by atoms with van der Waals surface area (Å²) in [6.07, 6.45) is 1.74. The fraction of sp³-hybridized carbons (Fsp3) is 0.188. The van der Waals surface area contributed by atoms with Crippen molar-refractivity contribution in [2.45, 2.75) is 19.3 Å². The molecule has 0 aliphatic heterocycles. The third kappa shape index (κ3) is 3.02. The first-order valence-corrected chi connectivity index (χ1v) is 7.77. The summed E-state index contributed by atoms with van der Waals surface area (Å²) in [5.41, 5.74) is 0.624. The maximum absolute atomic E-state index is 12.3. The van der Waals surface area contributed by atoms with Gasteiger partial charge in [-0.2, -0.15) is 0 Å². The number of Topliss-reactive ketones (excluding diaryl/α,β-unsaturated/α-hetero) is 1. The lowest BCUT2D eigenvalue weighted by Gasteiger charge is -2.15. The number of anilines is 1. The molecular weight excluding hydrogens is 339 g/mol. The standard InChI is InChI=1S/C16H12Cl2N2O3/c17-10-3-1-5-12(14(10)18)20-16(23)9-7-8-11(19-15(9)22)4-2-6-13(8)21/h1,3,5,7H,2,4,6H2,(H,19,22)(H,20,23). The van der Waals surface area contributed by atoms with Crippen molar-refractivity contribution in [1.82, 2.24) is 4.98 Å². The van der Waals surface area contributed by atoms with Gasteiger partial charge >= 0.3 is 0 Å². The summed E-state index contributed by atoms with van der Waals surface area (Å²) >= 11 is 11.9. The summed E-state index contributed by atoms with van der Waals surface area (Å²) in [6, 6.07) is 6.14. The summed E-state index contributed by atoms with van der Waals surface area (Å²) < 4.78 is 0. The van der Waals surface area contributed by atoms with E-state index < -0.39 is 11.5 Å². The molecule has 1 aliphatic rings. The largest absolute Gasteiger partial charge is 0.325 e. The van der Waals surface area contributed by atoms with Gasteiger partial charge in [0.15, 0.2) is 5.78 Å². The van der Waals surface area contributed by atoms with E-state index in [0.717, 1.165) is 0 Å². The molecule has 1 aliphatic carbocycles. The molecule has 0 radical (unpaired) electrons. The van der Waals surface area contributed by atoms with Gasteiger partial charge in [0.25, 0.3) is 11.5 Å². The van der Waals surface area contributed by atoms with Gasteiger partial charge in [-0.25, -0.2) is 0 Å². The minimum absolute atomic E-state index is 0.0719. The molecule has 7 heteroatoms. The van der Waals surface area contributed by atoms with Crippen molar-refractivity contribution in [3.8, 4) is 0 Å². The fourth-order valence-electron chi connectivity index (χ4n) is 2.53. The molecule has 0 spiro atoms. The summed E-state index contributed by atoms with van der Waals surface area (Å²) in [5.74, 6) is -0.714. The van der Waals surface area contributed by atoms with E-state index in [1.807, 2.05) is 0 Å². The average Bonchev–Trinajstić information content (AvgIpc) is 2.51. The van der Waals surface area contributed by atoms with Crippen LogP contribution in [0.3, 0.4) is 0 Å². The quantitative estimate of drug-likeness (QED) is 0.870. The lowest BCUT2D eigenvalue weighted by atomic mass is 9.93. The number of halogens is 2. The van der Waals surface area contributed by atoms with Crippen molar-refractivity contribution in [2.24, 2.45) is 0 Å². The van der Waals surface area contributed by atoms with Gasteiger partial charge in [-0.3, -0.25) is 14.4 Å². The van der Waals surface area contributed by atoms with Gasteiger partial charge in [-0.05, 0) is 31.0 Å². The Morgan fingerprint density at radius 1 is 1.17 bits per heavy atom. The molecule has 0 atom stereocenters. The number of carbonyl (C=O) groups excluding carboxylic acids is 2. The van der Waals surface area contributed by atoms with Crippen LogP contribution in [0.25, 0.3) is 0 Å². The highest BCUT2D eigenvalue weighted by Gasteiger charge is 2.22. The van der Waals surface area contributed by atoms with Gasteiger partial charge in [0.2, 0.25) is 0 Å². The van der Waals surface area contributed by atoms with Crippen LogP contribution in [0.15, 0.2) is 29.1 Å². The molecule has 118 valence electrons. The number of H-pyrrole nitrogens is 1.